The molecule has 4 heteroatoms. The summed E-state index contributed by atoms with van der Waals surface area (Å²) in [5.41, 5.74) is 0. The molecule has 0 N–H and O–H groups in total. The Balaban J connectivity index is 4.53. The predicted molar refractivity (Wildman–Crippen MR) is 96.3 cm³/mol. The number of carbonyl (C=O) groups is 1. The fraction of sp³-hybridized carbons (Fsp3) is 0.944. The van der Waals surface area contributed by atoms with Crippen LogP contribution in [0.2, 0.25) is 0 Å². The van der Waals surface area contributed by atoms with Gasteiger partial charge in [0.15, 0.2) is 0 Å². The van der Waals surface area contributed by atoms with Gasteiger partial charge in [0.25, 0.3) is 0 Å². The van der Waals surface area contributed by atoms with Crippen molar-refractivity contribution in [2.24, 2.45) is 0 Å². The summed E-state index contributed by atoms with van der Waals surface area (Å²) >= 11 is 0. The Bertz CT molecular complexity index is 292. The van der Waals surface area contributed by atoms with Crippen molar-refractivity contribution in [1.29, 1.82) is 0 Å². The molecule has 0 bridgehead atoms. The Morgan fingerprint density at radius 3 is 2.05 bits per heavy atom. The Morgan fingerprint density at radius 2 is 1.59 bits per heavy atom. The molecule has 0 unspecified atom stereocenters. The molecule has 0 aromatic heterocycles. The second-order valence-corrected chi connectivity index (χ2v) is 6.92. The Hall–Kier alpha value is -0.610. The highest BCUT2D eigenvalue weighted by molar-refractivity contribution is 5.82. The highest BCUT2D eigenvalue weighted by Gasteiger charge is 2.27. The lowest BCUT2D eigenvalue weighted by atomic mass is 10.0. The summed E-state index contributed by atoms with van der Waals surface area (Å²) in [7, 11) is 8.29. The Morgan fingerprint density at radius 1 is 0.955 bits per heavy atom. The van der Waals surface area contributed by atoms with Gasteiger partial charge in [0.1, 0.15) is 0 Å². The van der Waals surface area contributed by atoms with Gasteiger partial charge < -0.3 is 9.80 Å². The van der Waals surface area contributed by atoms with E-state index in [0.29, 0.717) is 11.9 Å². The summed E-state index contributed by atoms with van der Waals surface area (Å²) in [6, 6.07) is 0.364. The first kappa shape index (κ1) is 21.4. The van der Waals surface area contributed by atoms with E-state index in [2.05, 4.69) is 49.6 Å². The second kappa shape index (κ2) is 11.9. The minimum Gasteiger partial charge on any atom is -0.339 e. The molecule has 0 spiro atoms. The lowest BCUT2D eigenvalue weighted by molar-refractivity contribution is -0.138. The van der Waals surface area contributed by atoms with Crippen molar-refractivity contribution in [3.63, 3.8) is 0 Å². The lowest BCUT2D eigenvalue weighted by Crippen LogP contribution is -2.49. The molecule has 0 rings (SSSR count). The number of likely N-dealkylation sites (N-methyl/N-ethyl adjacent to an activating group) is 1. The summed E-state index contributed by atoms with van der Waals surface area (Å²) in [4.78, 5) is 19.3. The number of unbranched alkanes of at least 4 members (excludes halogenated alkanes) is 2. The largest absolute Gasteiger partial charge is 0.339 e. The normalized spacial score (nSPS) is 14.4. The van der Waals surface area contributed by atoms with E-state index in [1.54, 1.807) is 0 Å². The van der Waals surface area contributed by atoms with Crippen molar-refractivity contribution < 1.29 is 4.79 Å². The smallest absolute Gasteiger partial charge is 0.240 e. The molecule has 22 heavy (non-hydrogen) atoms. The van der Waals surface area contributed by atoms with E-state index < -0.39 is 0 Å². The molecule has 0 saturated carbocycles. The van der Waals surface area contributed by atoms with Crippen LogP contribution in [0.1, 0.15) is 59.3 Å². The van der Waals surface area contributed by atoms with Crippen molar-refractivity contribution in [2.75, 3.05) is 41.3 Å². The van der Waals surface area contributed by atoms with E-state index in [-0.39, 0.29) is 6.04 Å². The third-order valence-electron chi connectivity index (χ3n) is 4.36. The number of rotatable bonds is 12. The second-order valence-electron chi connectivity index (χ2n) is 6.92. The number of carbonyl (C=O) groups excluding carboxylic acids is 1. The van der Waals surface area contributed by atoms with Crippen LogP contribution in [0.25, 0.3) is 0 Å². The molecule has 0 aliphatic heterocycles. The molecular weight excluding hydrogens is 274 g/mol. The molecule has 0 radical (unpaired) electrons. The number of hydrogen-bond acceptors (Lipinski definition) is 3. The van der Waals surface area contributed by atoms with Crippen LogP contribution >= 0.6 is 0 Å². The zero-order valence-corrected chi connectivity index (χ0v) is 16.1. The van der Waals surface area contributed by atoms with Gasteiger partial charge in [-0.1, -0.05) is 26.7 Å². The molecule has 0 heterocycles. The molecule has 2 atom stereocenters. The summed E-state index contributed by atoms with van der Waals surface area (Å²) in [6.07, 6.45) is 6.56. The van der Waals surface area contributed by atoms with Crippen molar-refractivity contribution in [2.45, 2.75) is 71.4 Å². The number of amides is 1. The van der Waals surface area contributed by atoms with Crippen LogP contribution in [0.5, 0.6) is 0 Å². The maximum Gasteiger partial charge on any atom is 0.240 e. The Kier molecular flexibility index (Phi) is 11.6. The summed E-state index contributed by atoms with van der Waals surface area (Å²) in [5.74, 6) is 0.314. The van der Waals surface area contributed by atoms with Gasteiger partial charge >= 0.3 is 0 Å². The molecule has 1 amide bonds. The van der Waals surface area contributed by atoms with Gasteiger partial charge in [-0.25, -0.2) is 0 Å². The van der Waals surface area contributed by atoms with Gasteiger partial charge in [0, 0.05) is 12.6 Å². The first-order valence-electron chi connectivity index (χ1n) is 8.96. The highest BCUT2D eigenvalue weighted by Crippen LogP contribution is 2.15. The fourth-order valence-corrected chi connectivity index (χ4v) is 2.75. The van der Waals surface area contributed by atoms with Gasteiger partial charge in [-0.3, -0.25) is 9.69 Å². The predicted octanol–water partition coefficient (Wildman–Crippen LogP) is 3.08. The third kappa shape index (κ3) is 8.14. The van der Waals surface area contributed by atoms with E-state index in [4.69, 9.17) is 0 Å². The van der Waals surface area contributed by atoms with Crippen LogP contribution in [0.4, 0.5) is 0 Å². The van der Waals surface area contributed by atoms with Gasteiger partial charge in [-0.15, -0.1) is 0 Å². The minimum atomic E-state index is 0.0277. The van der Waals surface area contributed by atoms with Crippen LogP contribution < -0.4 is 0 Å². The zero-order valence-electron chi connectivity index (χ0n) is 16.1. The lowest BCUT2D eigenvalue weighted by Gasteiger charge is -2.34. The van der Waals surface area contributed by atoms with E-state index in [9.17, 15) is 4.79 Å². The van der Waals surface area contributed by atoms with Gasteiger partial charge in [-0.2, -0.15) is 0 Å². The van der Waals surface area contributed by atoms with Crippen LogP contribution in [-0.2, 0) is 4.79 Å². The molecule has 0 fully saturated rings. The third-order valence-corrected chi connectivity index (χ3v) is 4.36. The van der Waals surface area contributed by atoms with E-state index in [0.717, 1.165) is 38.8 Å². The number of nitrogens with zero attached hydrogens (tertiary/aromatic N) is 3. The maximum absolute atomic E-state index is 12.9. The van der Waals surface area contributed by atoms with Crippen molar-refractivity contribution in [1.82, 2.24) is 14.7 Å². The van der Waals surface area contributed by atoms with Crippen LogP contribution in [0.3, 0.4) is 0 Å². The minimum absolute atomic E-state index is 0.0277. The topological polar surface area (TPSA) is 26.8 Å². The average molecular weight is 314 g/mol. The molecule has 0 aliphatic carbocycles. The summed E-state index contributed by atoms with van der Waals surface area (Å²) < 4.78 is 0. The highest BCUT2D eigenvalue weighted by atomic mass is 16.2. The molecule has 0 aromatic carbocycles. The maximum atomic E-state index is 12.9. The van der Waals surface area contributed by atoms with Crippen molar-refractivity contribution in [3.8, 4) is 0 Å². The van der Waals surface area contributed by atoms with Gasteiger partial charge in [0.2, 0.25) is 5.91 Å². The standard InChI is InChI=1S/C18H39N3O/c1-8-14-21(16(3)9-2)18(22)17(20(6)7)13-11-10-12-15-19(4)5/h16-17H,8-15H2,1-7H3/t16-,17-/m1/s1. The fourth-order valence-electron chi connectivity index (χ4n) is 2.75. The summed E-state index contributed by atoms with van der Waals surface area (Å²) in [5, 5.41) is 0. The van der Waals surface area contributed by atoms with E-state index in [1.807, 2.05) is 14.1 Å². The van der Waals surface area contributed by atoms with E-state index in [1.165, 1.54) is 12.8 Å². The monoisotopic (exact) mass is 313 g/mol. The van der Waals surface area contributed by atoms with Gasteiger partial charge in [-0.05, 0) is 67.3 Å². The SMILES string of the molecule is CCCN(C(=O)[C@@H](CCCCCN(C)C)N(C)C)[C@H](C)CC. The summed E-state index contributed by atoms with van der Waals surface area (Å²) in [6.45, 7) is 8.48. The van der Waals surface area contributed by atoms with Gasteiger partial charge in [0.05, 0.1) is 6.04 Å². The van der Waals surface area contributed by atoms with Crippen LogP contribution in [-0.4, -0.2) is 74.0 Å². The van der Waals surface area contributed by atoms with E-state index >= 15 is 0 Å². The van der Waals surface area contributed by atoms with Crippen LogP contribution in [0, 0.1) is 0 Å². The zero-order chi connectivity index (χ0) is 17.1. The quantitative estimate of drug-likeness (QED) is 0.518. The molecule has 0 aromatic rings. The van der Waals surface area contributed by atoms with Crippen molar-refractivity contribution >= 4 is 5.91 Å². The molecule has 4 nitrogen and oxygen atoms in total. The molecule has 132 valence electrons. The Labute approximate surface area is 138 Å². The molecule has 0 saturated heterocycles. The number of hydrogen-bond donors (Lipinski definition) is 0. The van der Waals surface area contributed by atoms with Crippen LogP contribution in [0.15, 0.2) is 0 Å². The molecular formula is C18H39N3O. The van der Waals surface area contributed by atoms with Crippen molar-refractivity contribution in [3.05, 3.63) is 0 Å². The first-order valence-corrected chi connectivity index (χ1v) is 8.96. The first-order chi connectivity index (χ1) is 10.3. The molecule has 0 aliphatic rings. The average Bonchev–Trinajstić information content (AvgIpc) is 2.46.